The van der Waals surface area contributed by atoms with E-state index in [9.17, 15) is 4.79 Å². The van der Waals surface area contributed by atoms with Crippen molar-refractivity contribution in [1.29, 1.82) is 5.26 Å². The van der Waals surface area contributed by atoms with Crippen LogP contribution in [-0.2, 0) is 4.79 Å². The van der Waals surface area contributed by atoms with Gasteiger partial charge >= 0.3 is 0 Å². The Morgan fingerprint density at radius 3 is 3.00 bits per heavy atom. The molecular formula is C9H15N3O. The number of rotatable bonds is 1. The first-order valence-corrected chi connectivity index (χ1v) is 4.55. The van der Waals surface area contributed by atoms with Crippen LogP contribution >= 0.6 is 0 Å². The Hall–Kier alpha value is -1.08. The zero-order chi connectivity index (χ0) is 9.84. The highest BCUT2D eigenvalue weighted by Gasteiger charge is 2.25. The maximum atomic E-state index is 11.3. The van der Waals surface area contributed by atoms with Crippen molar-refractivity contribution in [2.24, 2.45) is 11.7 Å². The van der Waals surface area contributed by atoms with Gasteiger partial charge in [0.1, 0.15) is 6.42 Å². The lowest BCUT2D eigenvalue weighted by atomic mass is 9.94. The molecule has 1 aliphatic rings. The molecule has 0 unspecified atom stereocenters. The molecule has 1 fully saturated rings. The number of amides is 1. The van der Waals surface area contributed by atoms with Crippen LogP contribution in [0.15, 0.2) is 0 Å². The molecule has 1 amide bonds. The number of carbonyl (C=O) groups is 1. The molecule has 1 aliphatic heterocycles. The summed E-state index contributed by atoms with van der Waals surface area (Å²) >= 11 is 0. The number of hydrogen-bond acceptors (Lipinski definition) is 3. The van der Waals surface area contributed by atoms with Crippen molar-refractivity contribution in [2.45, 2.75) is 25.8 Å². The Bertz CT molecular complexity index is 234. The summed E-state index contributed by atoms with van der Waals surface area (Å²) in [7, 11) is 0. The van der Waals surface area contributed by atoms with Crippen molar-refractivity contribution >= 4 is 5.91 Å². The second kappa shape index (κ2) is 4.24. The summed E-state index contributed by atoms with van der Waals surface area (Å²) in [5.74, 6) is 0.385. The maximum Gasteiger partial charge on any atom is 0.236 e. The molecule has 0 aromatic rings. The van der Waals surface area contributed by atoms with Crippen LogP contribution in [0.1, 0.15) is 19.8 Å². The normalized spacial score (nSPS) is 28.2. The second-order valence-electron chi connectivity index (χ2n) is 3.60. The molecule has 1 rings (SSSR count). The molecule has 2 atom stereocenters. The van der Waals surface area contributed by atoms with Gasteiger partial charge in [0, 0.05) is 19.1 Å². The van der Waals surface area contributed by atoms with Crippen LogP contribution < -0.4 is 5.73 Å². The van der Waals surface area contributed by atoms with E-state index in [0.717, 1.165) is 13.0 Å². The number of likely N-dealkylation sites (tertiary alicyclic amines) is 1. The minimum Gasteiger partial charge on any atom is -0.340 e. The predicted molar refractivity (Wildman–Crippen MR) is 48.6 cm³/mol. The fourth-order valence-electron chi connectivity index (χ4n) is 1.51. The Morgan fingerprint density at radius 2 is 2.46 bits per heavy atom. The monoisotopic (exact) mass is 181 g/mol. The van der Waals surface area contributed by atoms with Crippen LogP contribution in [0, 0.1) is 17.2 Å². The number of carbonyl (C=O) groups excluding carboxylic acids is 1. The highest BCUT2D eigenvalue weighted by atomic mass is 16.2. The standard InChI is InChI=1S/C9H15N3O/c1-7-3-5-12(6-8(7)11)9(13)2-4-10/h7-8H,2-3,5-6,11H2,1H3/t7-,8+/m0/s1. The summed E-state index contributed by atoms with van der Waals surface area (Å²) in [6.45, 7) is 3.44. The quantitative estimate of drug-likeness (QED) is 0.623. The van der Waals surface area contributed by atoms with Crippen molar-refractivity contribution in [1.82, 2.24) is 4.90 Å². The minimum absolute atomic E-state index is 0.0267. The first kappa shape index (κ1) is 10.0. The molecule has 2 N–H and O–H groups in total. The van der Waals surface area contributed by atoms with Gasteiger partial charge in [0.2, 0.25) is 5.91 Å². The van der Waals surface area contributed by atoms with Crippen LogP contribution in [0.4, 0.5) is 0 Å². The molecule has 0 aromatic heterocycles. The van der Waals surface area contributed by atoms with Gasteiger partial charge in [-0.25, -0.2) is 0 Å². The molecule has 0 radical (unpaired) electrons. The third kappa shape index (κ3) is 2.43. The van der Waals surface area contributed by atoms with Crippen molar-refractivity contribution in [3.05, 3.63) is 0 Å². The lowest BCUT2D eigenvalue weighted by molar-refractivity contribution is -0.131. The van der Waals surface area contributed by atoms with Crippen molar-refractivity contribution in [3.63, 3.8) is 0 Å². The largest absolute Gasteiger partial charge is 0.340 e. The summed E-state index contributed by atoms with van der Waals surface area (Å²) in [5, 5.41) is 8.36. The number of nitrogens with zero attached hydrogens (tertiary/aromatic N) is 2. The van der Waals surface area contributed by atoms with Crippen LogP contribution in [0.3, 0.4) is 0 Å². The summed E-state index contributed by atoms with van der Waals surface area (Å²) < 4.78 is 0. The fraction of sp³-hybridized carbons (Fsp3) is 0.778. The van der Waals surface area contributed by atoms with Gasteiger partial charge in [-0.3, -0.25) is 4.79 Å². The van der Waals surface area contributed by atoms with Crippen molar-refractivity contribution < 1.29 is 4.79 Å². The molecule has 0 aromatic carbocycles. The van der Waals surface area contributed by atoms with E-state index >= 15 is 0 Å². The first-order chi connectivity index (χ1) is 6.15. The van der Waals surface area contributed by atoms with E-state index in [4.69, 9.17) is 11.0 Å². The highest BCUT2D eigenvalue weighted by molar-refractivity contribution is 5.78. The van der Waals surface area contributed by atoms with Gasteiger partial charge in [-0.15, -0.1) is 0 Å². The van der Waals surface area contributed by atoms with Gasteiger partial charge in [-0.2, -0.15) is 5.26 Å². The molecule has 4 nitrogen and oxygen atoms in total. The van der Waals surface area contributed by atoms with E-state index in [-0.39, 0.29) is 18.4 Å². The Balaban J connectivity index is 2.46. The van der Waals surface area contributed by atoms with Gasteiger partial charge in [-0.1, -0.05) is 6.92 Å². The minimum atomic E-state index is -0.0927. The number of nitrogens with two attached hydrogens (primary N) is 1. The number of hydrogen-bond donors (Lipinski definition) is 1. The lowest BCUT2D eigenvalue weighted by Crippen LogP contribution is -2.49. The summed E-state index contributed by atoms with van der Waals surface area (Å²) in [5.41, 5.74) is 5.83. The molecule has 1 heterocycles. The van der Waals surface area contributed by atoms with Crippen LogP contribution in [-0.4, -0.2) is 29.9 Å². The molecule has 0 saturated carbocycles. The summed E-state index contributed by atoms with van der Waals surface area (Å²) in [4.78, 5) is 13.0. The highest BCUT2D eigenvalue weighted by Crippen LogP contribution is 2.15. The third-order valence-electron chi connectivity index (χ3n) is 2.60. The Kier molecular flexibility index (Phi) is 3.26. The van der Waals surface area contributed by atoms with E-state index in [1.807, 2.05) is 6.07 Å². The van der Waals surface area contributed by atoms with Crippen LogP contribution in [0.2, 0.25) is 0 Å². The zero-order valence-electron chi connectivity index (χ0n) is 7.86. The smallest absolute Gasteiger partial charge is 0.236 e. The maximum absolute atomic E-state index is 11.3. The SMILES string of the molecule is C[C@H]1CCN(C(=O)CC#N)C[C@H]1N. The summed E-state index contributed by atoms with van der Waals surface area (Å²) in [6, 6.07) is 1.92. The summed E-state index contributed by atoms with van der Waals surface area (Å²) in [6.07, 6.45) is 0.916. The van der Waals surface area contributed by atoms with Gasteiger partial charge in [0.25, 0.3) is 0 Å². The fourth-order valence-corrected chi connectivity index (χ4v) is 1.51. The second-order valence-corrected chi connectivity index (χ2v) is 3.60. The molecule has 0 spiro atoms. The van der Waals surface area contributed by atoms with E-state index in [1.165, 1.54) is 0 Å². The van der Waals surface area contributed by atoms with Crippen molar-refractivity contribution in [2.75, 3.05) is 13.1 Å². The van der Waals surface area contributed by atoms with Gasteiger partial charge < -0.3 is 10.6 Å². The van der Waals surface area contributed by atoms with E-state index in [0.29, 0.717) is 12.5 Å². The predicted octanol–water partition coefficient (Wildman–Crippen LogP) is 0.0958. The van der Waals surface area contributed by atoms with Crippen molar-refractivity contribution in [3.8, 4) is 6.07 Å². The van der Waals surface area contributed by atoms with E-state index in [2.05, 4.69) is 6.92 Å². The topological polar surface area (TPSA) is 70.1 Å². The Morgan fingerprint density at radius 1 is 1.77 bits per heavy atom. The number of nitriles is 1. The van der Waals surface area contributed by atoms with E-state index < -0.39 is 0 Å². The van der Waals surface area contributed by atoms with Gasteiger partial charge in [0.15, 0.2) is 0 Å². The average molecular weight is 181 g/mol. The zero-order valence-corrected chi connectivity index (χ0v) is 7.86. The molecule has 72 valence electrons. The van der Waals surface area contributed by atoms with Gasteiger partial charge in [0.05, 0.1) is 6.07 Å². The number of piperidine rings is 1. The van der Waals surface area contributed by atoms with Crippen LogP contribution in [0.25, 0.3) is 0 Å². The lowest BCUT2D eigenvalue weighted by Gasteiger charge is -2.34. The van der Waals surface area contributed by atoms with Crippen LogP contribution in [0.5, 0.6) is 0 Å². The first-order valence-electron chi connectivity index (χ1n) is 4.55. The molecule has 0 aliphatic carbocycles. The third-order valence-corrected chi connectivity index (χ3v) is 2.60. The van der Waals surface area contributed by atoms with Gasteiger partial charge in [-0.05, 0) is 12.3 Å². The molecule has 1 saturated heterocycles. The molecule has 4 heteroatoms. The average Bonchev–Trinajstić information content (AvgIpc) is 2.10. The molecule has 0 bridgehead atoms. The Labute approximate surface area is 78.3 Å². The molecule has 13 heavy (non-hydrogen) atoms. The van der Waals surface area contributed by atoms with E-state index in [1.54, 1.807) is 4.90 Å². The molecular weight excluding hydrogens is 166 g/mol.